The molecular weight excluding hydrogens is 332 g/mol. The molecule has 2 amide bonds. The molecule has 1 saturated heterocycles. The molecule has 0 unspecified atom stereocenters. The van der Waals surface area contributed by atoms with Crippen LogP contribution in [0.2, 0.25) is 0 Å². The van der Waals surface area contributed by atoms with Gasteiger partial charge in [-0.15, -0.1) is 0 Å². The maximum atomic E-state index is 12.3. The Morgan fingerprint density at radius 1 is 1.31 bits per heavy atom. The standard InChI is InChI=1S/C19H24N4O3/c1-22-13-20-10-16(22)19-15(8-9-18(25)23(19)2)21-17(24)12-26-11-14-6-4-3-5-7-14/h3-7,10,13,15,19H,8-9,11-12H2,1-2H3,(H,21,24)/t15-,19-/m1/s1. The number of likely N-dealkylation sites (tertiary alicyclic amines) is 1. The van der Waals surface area contributed by atoms with E-state index in [9.17, 15) is 9.59 Å². The van der Waals surface area contributed by atoms with Gasteiger partial charge in [-0.05, 0) is 12.0 Å². The second kappa shape index (κ2) is 8.14. The van der Waals surface area contributed by atoms with E-state index in [2.05, 4.69) is 10.3 Å². The molecule has 1 aromatic heterocycles. The largest absolute Gasteiger partial charge is 0.367 e. The summed E-state index contributed by atoms with van der Waals surface area (Å²) in [5.41, 5.74) is 1.92. The van der Waals surface area contributed by atoms with Crippen LogP contribution in [0, 0.1) is 0 Å². The van der Waals surface area contributed by atoms with Gasteiger partial charge in [0.05, 0.1) is 36.9 Å². The van der Waals surface area contributed by atoms with Crippen molar-refractivity contribution in [2.45, 2.75) is 31.5 Å². The van der Waals surface area contributed by atoms with Gasteiger partial charge in [-0.1, -0.05) is 30.3 Å². The molecular formula is C19H24N4O3. The Balaban J connectivity index is 1.60. The number of piperidine rings is 1. The third-order valence-corrected chi connectivity index (χ3v) is 4.71. The fraction of sp³-hybridized carbons (Fsp3) is 0.421. The van der Waals surface area contributed by atoms with Crippen LogP contribution < -0.4 is 5.32 Å². The molecule has 2 aromatic rings. The number of benzene rings is 1. The van der Waals surface area contributed by atoms with Crippen molar-refractivity contribution in [2.24, 2.45) is 7.05 Å². The molecule has 26 heavy (non-hydrogen) atoms. The lowest BCUT2D eigenvalue weighted by atomic mass is 9.93. The van der Waals surface area contributed by atoms with Crippen molar-refractivity contribution in [3.05, 3.63) is 54.1 Å². The predicted octanol–water partition coefficient (Wildman–Crippen LogP) is 1.41. The number of hydrogen-bond donors (Lipinski definition) is 1. The number of rotatable bonds is 6. The Bertz CT molecular complexity index is 759. The maximum Gasteiger partial charge on any atom is 0.246 e. The first-order chi connectivity index (χ1) is 12.6. The quantitative estimate of drug-likeness (QED) is 0.849. The molecule has 1 aliphatic rings. The van der Waals surface area contributed by atoms with E-state index in [-0.39, 0.29) is 30.5 Å². The number of amides is 2. The number of aryl methyl sites for hydroxylation is 1. The van der Waals surface area contributed by atoms with Crippen LogP contribution in [0.4, 0.5) is 0 Å². The monoisotopic (exact) mass is 356 g/mol. The number of imidazole rings is 1. The Morgan fingerprint density at radius 3 is 2.77 bits per heavy atom. The summed E-state index contributed by atoms with van der Waals surface area (Å²) in [6.07, 6.45) is 4.46. The number of likely N-dealkylation sites (N-methyl/N-ethyl adjacent to an activating group) is 1. The normalized spacial score (nSPS) is 20.2. The molecule has 0 radical (unpaired) electrons. The van der Waals surface area contributed by atoms with Gasteiger partial charge in [0, 0.05) is 20.5 Å². The summed E-state index contributed by atoms with van der Waals surface area (Å²) in [6.45, 7) is 0.379. The van der Waals surface area contributed by atoms with E-state index in [1.807, 2.05) is 41.9 Å². The Morgan fingerprint density at radius 2 is 2.08 bits per heavy atom. The van der Waals surface area contributed by atoms with Gasteiger partial charge in [-0.2, -0.15) is 0 Å². The molecule has 0 spiro atoms. The van der Waals surface area contributed by atoms with Crippen molar-refractivity contribution >= 4 is 11.8 Å². The molecule has 7 nitrogen and oxygen atoms in total. The molecule has 7 heteroatoms. The first-order valence-corrected chi connectivity index (χ1v) is 8.69. The van der Waals surface area contributed by atoms with Crippen molar-refractivity contribution in [3.8, 4) is 0 Å². The molecule has 138 valence electrons. The first kappa shape index (κ1) is 18.1. The Hall–Kier alpha value is -2.67. The summed E-state index contributed by atoms with van der Waals surface area (Å²) >= 11 is 0. The van der Waals surface area contributed by atoms with Crippen molar-refractivity contribution in [3.63, 3.8) is 0 Å². The molecule has 1 aliphatic heterocycles. The number of nitrogens with zero attached hydrogens (tertiary/aromatic N) is 3. The zero-order valence-corrected chi connectivity index (χ0v) is 15.1. The molecule has 0 saturated carbocycles. The van der Waals surface area contributed by atoms with Crippen LogP contribution in [-0.2, 0) is 28.0 Å². The van der Waals surface area contributed by atoms with Gasteiger partial charge >= 0.3 is 0 Å². The lowest BCUT2D eigenvalue weighted by molar-refractivity contribution is -0.138. The van der Waals surface area contributed by atoms with Crippen LogP contribution in [-0.4, -0.2) is 46.0 Å². The van der Waals surface area contributed by atoms with E-state index in [0.717, 1.165) is 11.3 Å². The van der Waals surface area contributed by atoms with Crippen LogP contribution >= 0.6 is 0 Å². The fourth-order valence-electron chi connectivity index (χ4n) is 3.33. The number of hydrogen-bond acceptors (Lipinski definition) is 4. The average Bonchev–Trinajstić information content (AvgIpc) is 3.05. The lowest BCUT2D eigenvalue weighted by Gasteiger charge is -2.39. The molecule has 1 fully saturated rings. The van der Waals surface area contributed by atoms with Gasteiger partial charge < -0.3 is 19.5 Å². The van der Waals surface area contributed by atoms with Gasteiger partial charge in [0.1, 0.15) is 6.61 Å². The molecule has 0 bridgehead atoms. The van der Waals surface area contributed by atoms with E-state index < -0.39 is 0 Å². The molecule has 1 N–H and O–H groups in total. The van der Waals surface area contributed by atoms with Crippen LogP contribution in [0.1, 0.15) is 30.1 Å². The summed E-state index contributed by atoms with van der Waals surface area (Å²) in [5, 5.41) is 3.02. The number of aromatic nitrogens is 2. The molecule has 2 atom stereocenters. The highest BCUT2D eigenvalue weighted by Gasteiger charge is 2.37. The minimum Gasteiger partial charge on any atom is -0.367 e. The Kier molecular flexibility index (Phi) is 5.68. The third kappa shape index (κ3) is 4.11. The van der Waals surface area contributed by atoms with E-state index >= 15 is 0 Å². The molecule has 3 rings (SSSR count). The van der Waals surface area contributed by atoms with E-state index in [1.54, 1.807) is 24.5 Å². The topological polar surface area (TPSA) is 76.5 Å². The highest BCUT2D eigenvalue weighted by molar-refractivity contribution is 5.80. The number of ether oxygens (including phenoxy) is 1. The van der Waals surface area contributed by atoms with E-state index in [1.165, 1.54) is 0 Å². The van der Waals surface area contributed by atoms with Gasteiger partial charge in [0.25, 0.3) is 0 Å². The smallest absolute Gasteiger partial charge is 0.246 e. The van der Waals surface area contributed by atoms with Crippen molar-refractivity contribution in [1.29, 1.82) is 0 Å². The highest BCUT2D eigenvalue weighted by atomic mass is 16.5. The number of nitrogens with one attached hydrogen (secondary N) is 1. The van der Waals surface area contributed by atoms with Gasteiger partial charge in [-0.3, -0.25) is 9.59 Å². The first-order valence-electron chi connectivity index (χ1n) is 8.69. The average molecular weight is 356 g/mol. The minimum atomic E-state index is -0.234. The van der Waals surface area contributed by atoms with Gasteiger partial charge in [0.15, 0.2) is 0 Å². The molecule has 2 heterocycles. The van der Waals surface area contributed by atoms with Crippen molar-refractivity contribution < 1.29 is 14.3 Å². The second-order valence-corrected chi connectivity index (χ2v) is 6.57. The zero-order chi connectivity index (χ0) is 18.5. The van der Waals surface area contributed by atoms with Crippen LogP contribution in [0.3, 0.4) is 0 Å². The van der Waals surface area contributed by atoms with E-state index in [4.69, 9.17) is 4.74 Å². The number of carbonyl (C=O) groups is 2. The molecule has 0 aliphatic carbocycles. The third-order valence-electron chi connectivity index (χ3n) is 4.71. The van der Waals surface area contributed by atoms with Crippen LogP contribution in [0.25, 0.3) is 0 Å². The fourth-order valence-corrected chi connectivity index (χ4v) is 3.33. The van der Waals surface area contributed by atoms with Crippen molar-refractivity contribution in [1.82, 2.24) is 19.8 Å². The van der Waals surface area contributed by atoms with E-state index in [0.29, 0.717) is 19.4 Å². The lowest BCUT2D eigenvalue weighted by Crippen LogP contribution is -2.51. The van der Waals surface area contributed by atoms with Gasteiger partial charge in [0.2, 0.25) is 11.8 Å². The Labute approximate surface area is 153 Å². The second-order valence-electron chi connectivity index (χ2n) is 6.57. The summed E-state index contributed by atoms with van der Waals surface area (Å²) in [4.78, 5) is 30.3. The van der Waals surface area contributed by atoms with Crippen LogP contribution in [0.5, 0.6) is 0 Å². The summed E-state index contributed by atoms with van der Waals surface area (Å²) in [6, 6.07) is 9.33. The zero-order valence-electron chi connectivity index (χ0n) is 15.1. The minimum absolute atomic E-state index is 0.0127. The number of carbonyl (C=O) groups excluding carboxylic acids is 2. The van der Waals surface area contributed by atoms with Gasteiger partial charge in [-0.25, -0.2) is 4.98 Å². The summed E-state index contributed by atoms with van der Waals surface area (Å²) in [7, 11) is 3.65. The SMILES string of the molecule is CN1C(=O)CC[C@@H](NC(=O)COCc2ccccc2)[C@@H]1c1cncn1C. The maximum absolute atomic E-state index is 12.3. The molecule has 1 aromatic carbocycles. The van der Waals surface area contributed by atoms with Crippen LogP contribution in [0.15, 0.2) is 42.9 Å². The highest BCUT2D eigenvalue weighted by Crippen LogP contribution is 2.30. The van der Waals surface area contributed by atoms with Crippen molar-refractivity contribution in [2.75, 3.05) is 13.7 Å². The summed E-state index contributed by atoms with van der Waals surface area (Å²) < 4.78 is 7.39. The summed E-state index contributed by atoms with van der Waals surface area (Å²) in [5.74, 6) is -0.108. The predicted molar refractivity (Wildman–Crippen MR) is 96.0 cm³/mol.